The molecule has 8 heteroatoms. The van der Waals surface area contributed by atoms with Crippen molar-refractivity contribution >= 4 is 0 Å². The zero-order chi connectivity index (χ0) is 18.0. The molecule has 130 valence electrons. The topological polar surface area (TPSA) is 53.4 Å². The van der Waals surface area contributed by atoms with Crippen LogP contribution in [0.25, 0.3) is 11.4 Å². The van der Waals surface area contributed by atoms with Crippen LogP contribution in [-0.2, 0) is 22.2 Å². The highest BCUT2D eigenvalue weighted by molar-refractivity contribution is 5.56. The van der Waals surface area contributed by atoms with E-state index in [0.29, 0.717) is 5.56 Å². The maximum atomic E-state index is 13.5. The lowest BCUT2D eigenvalue weighted by atomic mass is 10.1. The smallest absolute Gasteiger partial charge is 0.346 e. The molecule has 25 heavy (non-hydrogen) atoms. The SMILES string of the molecule is C#CCn1c(-c2ccccc2)nc(C(F)(F)F)c(C2OCCO2)c1=O. The van der Waals surface area contributed by atoms with Gasteiger partial charge in [-0.1, -0.05) is 36.3 Å². The lowest BCUT2D eigenvalue weighted by Gasteiger charge is -2.19. The van der Waals surface area contributed by atoms with Crippen LogP contribution in [-0.4, -0.2) is 22.8 Å². The van der Waals surface area contributed by atoms with Crippen molar-refractivity contribution < 1.29 is 22.6 Å². The van der Waals surface area contributed by atoms with Gasteiger partial charge < -0.3 is 9.47 Å². The molecule has 5 nitrogen and oxygen atoms in total. The molecule has 2 aromatic rings. The molecule has 1 aromatic carbocycles. The Morgan fingerprint density at radius 2 is 1.88 bits per heavy atom. The molecule has 3 rings (SSSR count). The van der Waals surface area contributed by atoms with Gasteiger partial charge in [-0.25, -0.2) is 4.98 Å². The molecule has 1 fully saturated rings. The molecule has 0 unspecified atom stereocenters. The van der Waals surface area contributed by atoms with Crippen LogP contribution >= 0.6 is 0 Å². The Morgan fingerprint density at radius 1 is 1.24 bits per heavy atom. The fraction of sp³-hybridized carbons (Fsp3) is 0.294. The highest BCUT2D eigenvalue weighted by Gasteiger charge is 2.42. The van der Waals surface area contributed by atoms with E-state index in [9.17, 15) is 18.0 Å². The number of halogens is 3. The van der Waals surface area contributed by atoms with Gasteiger partial charge in [-0.2, -0.15) is 13.2 Å². The summed E-state index contributed by atoms with van der Waals surface area (Å²) in [6.07, 6.45) is -0.975. The highest BCUT2D eigenvalue weighted by Crippen LogP contribution is 2.35. The Balaban J connectivity index is 2.32. The molecule has 1 saturated heterocycles. The molecule has 0 spiro atoms. The van der Waals surface area contributed by atoms with Crippen molar-refractivity contribution in [3.05, 3.63) is 51.9 Å². The molecule has 1 aliphatic heterocycles. The predicted octanol–water partition coefficient (Wildman–Crippen LogP) is 2.61. The zero-order valence-electron chi connectivity index (χ0n) is 12.9. The van der Waals surface area contributed by atoms with E-state index in [0.717, 1.165) is 4.57 Å². The molecule has 0 atom stereocenters. The zero-order valence-corrected chi connectivity index (χ0v) is 12.9. The van der Waals surface area contributed by atoms with Crippen LogP contribution in [0.4, 0.5) is 13.2 Å². The van der Waals surface area contributed by atoms with Gasteiger partial charge in [0.2, 0.25) is 0 Å². The summed E-state index contributed by atoms with van der Waals surface area (Å²) < 4.78 is 51.8. The van der Waals surface area contributed by atoms with E-state index in [-0.39, 0.29) is 25.6 Å². The average Bonchev–Trinajstić information content (AvgIpc) is 3.10. The Labute approximate surface area is 141 Å². The van der Waals surface area contributed by atoms with Crippen LogP contribution in [0.5, 0.6) is 0 Å². The second-order valence-electron chi connectivity index (χ2n) is 5.23. The number of benzene rings is 1. The second kappa shape index (κ2) is 6.70. The number of hydrogen-bond donors (Lipinski definition) is 0. The molecule has 1 aliphatic rings. The van der Waals surface area contributed by atoms with Crippen LogP contribution in [0.1, 0.15) is 17.5 Å². The molecule has 2 heterocycles. The van der Waals surface area contributed by atoms with Crippen molar-refractivity contribution in [3.8, 4) is 23.7 Å². The summed E-state index contributed by atoms with van der Waals surface area (Å²) in [7, 11) is 0. The lowest BCUT2D eigenvalue weighted by Crippen LogP contribution is -2.33. The molecule has 0 amide bonds. The number of ether oxygens (including phenoxy) is 2. The van der Waals surface area contributed by atoms with Crippen molar-refractivity contribution in [1.82, 2.24) is 9.55 Å². The van der Waals surface area contributed by atoms with Gasteiger partial charge in [0, 0.05) is 5.56 Å². The van der Waals surface area contributed by atoms with Gasteiger partial charge in [0.15, 0.2) is 12.0 Å². The van der Waals surface area contributed by atoms with Crippen LogP contribution in [0.3, 0.4) is 0 Å². The van der Waals surface area contributed by atoms with Gasteiger partial charge in [-0.15, -0.1) is 6.42 Å². The average molecular weight is 350 g/mol. The van der Waals surface area contributed by atoms with Crippen molar-refractivity contribution in [2.45, 2.75) is 19.0 Å². The molecule has 0 N–H and O–H groups in total. The molecule has 0 aliphatic carbocycles. The molecule has 1 aromatic heterocycles. The van der Waals surface area contributed by atoms with E-state index < -0.39 is 29.3 Å². The molecular weight excluding hydrogens is 337 g/mol. The number of hydrogen-bond acceptors (Lipinski definition) is 4. The van der Waals surface area contributed by atoms with E-state index >= 15 is 0 Å². The molecular formula is C17H13F3N2O3. The minimum atomic E-state index is -4.84. The number of aromatic nitrogens is 2. The number of terminal acetylenes is 1. The van der Waals surface area contributed by atoms with Gasteiger partial charge in [0.05, 0.1) is 19.8 Å². The first-order valence-corrected chi connectivity index (χ1v) is 7.37. The fourth-order valence-electron chi connectivity index (χ4n) is 2.57. The monoisotopic (exact) mass is 350 g/mol. The van der Waals surface area contributed by atoms with E-state index in [4.69, 9.17) is 15.9 Å². The largest absolute Gasteiger partial charge is 0.434 e. The molecule has 0 radical (unpaired) electrons. The summed E-state index contributed by atoms with van der Waals surface area (Å²) in [6, 6.07) is 8.07. The Bertz CT molecular complexity index is 864. The maximum Gasteiger partial charge on any atom is 0.434 e. The van der Waals surface area contributed by atoms with Crippen molar-refractivity contribution in [1.29, 1.82) is 0 Å². The first-order chi connectivity index (χ1) is 11.9. The minimum Gasteiger partial charge on any atom is -0.346 e. The van der Waals surface area contributed by atoms with E-state index in [1.165, 1.54) is 0 Å². The minimum absolute atomic E-state index is 0.0942. The van der Waals surface area contributed by atoms with Crippen molar-refractivity contribution in [2.75, 3.05) is 13.2 Å². The lowest BCUT2D eigenvalue weighted by molar-refractivity contribution is -0.146. The molecule has 0 bridgehead atoms. The Hall–Kier alpha value is -2.63. The van der Waals surface area contributed by atoms with Gasteiger partial charge in [0.1, 0.15) is 11.4 Å². The second-order valence-corrected chi connectivity index (χ2v) is 5.23. The predicted molar refractivity (Wildman–Crippen MR) is 82.4 cm³/mol. The first-order valence-electron chi connectivity index (χ1n) is 7.37. The summed E-state index contributed by atoms with van der Waals surface area (Å²) in [6.45, 7) is -0.0398. The van der Waals surface area contributed by atoms with E-state index in [1.54, 1.807) is 30.3 Å². The van der Waals surface area contributed by atoms with E-state index in [1.807, 2.05) is 0 Å². The summed E-state index contributed by atoms with van der Waals surface area (Å²) in [5.74, 6) is 2.12. The van der Waals surface area contributed by atoms with Crippen LogP contribution in [0, 0.1) is 12.3 Å². The number of rotatable bonds is 3. The van der Waals surface area contributed by atoms with Crippen LogP contribution < -0.4 is 5.56 Å². The highest BCUT2D eigenvalue weighted by atomic mass is 19.4. The fourth-order valence-corrected chi connectivity index (χ4v) is 2.57. The van der Waals surface area contributed by atoms with Gasteiger partial charge in [-0.3, -0.25) is 9.36 Å². The quantitative estimate of drug-likeness (QED) is 0.799. The summed E-state index contributed by atoms with van der Waals surface area (Å²) in [5.41, 5.74) is -2.58. The Kier molecular flexibility index (Phi) is 4.61. The van der Waals surface area contributed by atoms with Gasteiger partial charge >= 0.3 is 6.18 Å². The number of alkyl halides is 3. The molecule has 0 saturated carbocycles. The maximum absolute atomic E-state index is 13.5. The normalized spacial score (nSPS) is 15.3. The van der Waals surface area contributed by atoms with Gasteiger partial charge in [-0.05, 0) is 0 Å². The first kappa shape index (κ1) is 17.2. The third-order valence-electron chi connectivity index (χ3n) is 3.61. The van der Waals surface area contributed by atoms with Crippen molar-refractivity contribution in [2.24, 2.45) is 0 Å². The standard InChI is InChI=1S/C17H13F3N2O3/c1-2-8-22-14(11-6-4-3-5-7-11)21-13(17(18,19)20)12(15(22)23)16-24-9-10-25-16/h1,3-7,16H,8-10H2. The van der Waals surface area contributed by atoms with E-state index in [2.05, 4.69) is 10.9 Å². The summed E-state index contributed by atoms with van der Waals surface area (Å²) in [4.78, 5) is 16.5. The summed E-state index contributed by atoms with van der Waals surface area (Å²) in [5, 5.41) is 0. The Morgan fingerprint density at radius 3 is 2.44 bits per heavy atom. The van der Waals surface area contributed by atoms with Crippen LogP contribution in [0.2, 0.25) is 0 Å². The summed E-state index contributed by atoms with van der Waals surface area (Å²) >= 11 is 0. The third kappa shape index (κ3) is 3.29. The van der Waals surface area contributed by atoms with Crippen LogP contribution in [0.15, 0.2) is 35.1 Å². The van der Waals surface area contributed by atoms with Crippen molar-refractivity contribution in [3.63, 3.8) is 0 Å². The number of nitrogens with zero attached hydrogens (tertiary/aromatic N) is 2. The van der Waals surface area contributed by atoms with Gasteiger partial charge in [0.25, 0.3) is 5.56 Å². The third-order valence-corrected chi connectivity index (χ3v) is 3.61.